The zero-order valence-electron chi connectivity index (χ0n) is 17.9. The van der Waals surface area contributed by atoms with Gasteiger partial charge in [-0.2, -0.15) is 4.98 Å². The van der Waals surface area contributed by atoms with Crippen LogP contribution in [-0.4, -0.2) is 42.4 Å². The minimum atomic E-state index is -0.239. The number of guanidine groups is 1. The van der Waals surface area contributed by atoms with Gasteiger partial charge in [0.05, 0.1) is 19.8 Å². The number of hydrogen-bond acceptors (Lipinski definition) is 6. The van der Waals surface area contributed by atoms with E-state index in [1.165, 1.54) is 12.1 Å². The van der Waals surface area contributed by atoms with E-state index in [4.69, 9.17) is 14.0 Å². The van der Waals surface area contributed by atoms with Crippen molar-refractivity contribution in [2.45, 2.75) is 26.2 Å². The Morgan fingerprint density at radius 2 is 1.97 bits per heavy atom. The van der Waals surface area contributed by atoms with E-state index >= 15 is 0 Å². The highest BCUT2D eigenvalue weighted by Gasteiger charge is 2.12. The summed E-state index contributed by atoms with van der Waals surface area (Å²) in [4.78, 5) is 8.83. The van der Waals surface area contributed by atoms with Crippen molar-refractivity contribution in [1.29, 1.82) is 0 Å². The molecule has 0 unspecified atom stereocenters. The van der Waals surface area contributed by atoms with Gasteiger partial charge in [-0.1, -0.05) is 17.3 Å². The molecule has 2 N–H and O–H groups in total. The molecule has 0 radical (unpaired) electrons. The molecule has 3 aromatic rings. The van der Waals surface area contributed by atoms with Gasteiger partial charge in [-0.15, -0.1) is 0 Å². The molecular formula is C23H26FN5O3. The number of ether oxygens (including phenoxy) is 2. The maximum absolute atomic E-state index is 13.4. The fourth-order valence-corrected chi connectivity index (χ4v) is 3.24. The van der Waals surface area contributed by atoms with Crippen molar-refractivity contribution in [3.05, 3.63) is 65.6 Å². The molecule has 9 heteroatoms. The first kappa shape index (κ1) is 21.6. The predicted molar refractivity (Wildman–Crippen MR) is 119 cm³/mol. The zero-order valence-corrected chi connectivity index (χ0v) is 17.9. The number of aliphatic imine (C=N–C) groups is 1. The maximum Gasteiger partial charge on any atom is 0.228 e. The Morgan fingerprint density at radius 1 is 1.09 bits per heavy atom. The second kappa shape index (κ2) is 10.6. The monoisotopic (exact) mass is 439 g/mol. The third kappa shape index (κ3) is 6.19. The normalized spacial score (nSPS) is 13.5. The molecule has 1 aliphatic heterocycles. The Bertz CT molecular complexity index is 1070. The average molecular weight is 439 g/mol. The number of aryl methyl sites for hydroxylation is 1. The summed E-state index contributed by atoms with van der Waals surface area (Å²) in [5.74, 6) is 2.93. The van der Waals surface area contributed by atoms with Crippen LogP contribution in [0.25, 0.3) is 0 Å². The number of nitrogens with zero attached hydrogens (tertiary/aromatic N) is 3. The summed E-state index contributed by atoms with van der Waals surface area (Å²) in [5.41, 5.74) is 1.73. The average Bonchev–Trinajstić information content (AvgIpc) is 3.05. The molecule has 8 nitrogen and oxygen atoms in total. The maximum atomic E-state index is 13.4. The molecule has 4 rings (SSSR count). The van der Waals surface area contributed by atoms with E-state index < -0.39 is 0 Å². The van der Waals surface area contributed by atoms with E-state index in [0.29, 0.717) is 62.6 Å². The van der Waals surface area contributed by atoms with Gasteiger partial charge in [0, 0.05) is 31.1 Å². The highest BCUT2D eigenvalue weighted by Crippen LogP contribution is 2.32. The molecular weight excluding hydrogens is 413 g/mol. The molecule has 0 amide bonds. The molecule has 0 saturated carbocycles. The molecule has 0 saturated heterocycles. The lowest BCUT2D eigenvalue weighted by Gasteiger charge is -2.14. The summed E-state index contributed by atoms with van der Waals surface area (Å²) >= 11 is 0. The first-order valence-corrected chi connectivity index (χ1v) is 10.6. The Labute approximate surface area is 185 Å². The van der Waals surface area contributed by atoms with Crippen LogP contribution in [0.4, 0.5) is 10.1 Å². The minimum absolute atomic E-state index is 0.239. The predicted octanol–water partition coefficient (Wildman–Crippen LogP) is 3.52. The summed E-state index contributed by atoms with van der Waals surface area (Å²) in [6.45, 7) is 4.08. The standard InChI is InChI=1S/C23H26FN5O3/c1-16-27-22(32-29-16)9-11-26-23(25-10-8-17-4-2-5-18(24)14-17)28-19-6-7-20-21(15-19)31-13-3-12-30-20/h2,4-7,14-15H,3,8-13H2,1H3,(H2,25,26,28). The van der Waals surface area contributed by atoms with Gasteiger partial charge in [0.15, 0.2) is 23.3 Å². The van der Waals surface area contributed by atoms with Gasteiger partial charge >= 0.3 is 0 Å². The topological polar surface area (TPSA) is 93.8 Å². The molecule has 0 atom stereocenters. The molecule has 1 aromatic heterocycles. The number of fused-ring (bicyclic) bond motifs is 1. The second-order valence-electron chi connectivity index (χ2n) is 7.36. The van der Waals surface area contributed by atoms with Crippen LogP contribution >= 0.6 is 0 Å². The van der Waals surface area contributed by atoms with Crippen LogP contribution in [0.1, 0.15) is 23.7 Å². The molecule has 2 aromatic carbocycles. The van der Waals surface area contributed by atoms with E-state index in [0.717, 1.165) is 23.4 Å². The second-order valence-corrected chi connectivity index (χ2v) is 7.36. The molecule has 1 aliphatic rings. The van der Waals surface area contributed by atoms with Gasteiger partial charge in [0.2, 0.25) is 5.89 Å². The number of rotatable bonds is 7. The quantitative estimate of drug-likeness (QED) is 0.430. The molecule has 32 heavy (non-hydrogen) atoms. The molecule has 0 fully saturated rings. The van der Waals surface area contributed by atoms with Crippen molar-refractivity contribution in [2.24, 2.45) is 4.99 Å². The Hall–Kier alpha value is -3.62. The Balaban J connectivity index is 1.42. The van der Waals surface area contributed by atoms with Crippen molar-refractivity contribution in [1.82, 2.24) is 15.5 Å². The smallest absolute Gasteiger partial charge is 0.228 e. The molecule has 0 spiro atoms. The summed E-state index contributed by atoms with van der Waals surface area (Å²) in [5, 5.41) is 10.4. The summed E-state index contributed by atoms with van der Waals surface area (Å²) in [7, 11) is 0. The SMILES string of the molecule is Cc1noc(CCN=C(NCCc2cccc(F)c2)Nc2ccc3c(c2)OCCCO3)n1. The zero-order chi connectivity index (χ0) is 22.2. The van der Waals surface area contributed by atoms with Gasteiger partial charge < -0.3 is 24.6 Å². The van der Waals surface area contributed by atoms with E-state index in [9.17, 15) is 4.39 Å². The van der Waals surface area contributed by atoms with Crippen molar-refractivity contribution in [3.8, 4) is 11.5 Å². The van der Waals surface area contributed by atoms with Crippen molar-refractivity contribution in [2.75, 3.05) is 31.6 Å². The number of halogens is 1. The largest absolute Gasteiger partial charge is 0.490 e. The van der Waals surface area contributed by atoms with Crippen LogP contribution in [0.3, 0.4) is 0 Å². The van der Waals surface area contributed by atoms with E-state index in [2.05, 4.69) is 25.8 Å². The summed E-state index contributed by atoms with van der Waals surface area (Å²) in [6, 6.07) is 12.3. The van der Waals surface area contributed by atoms with Crippen molar-refractivity contribution in [3.63, 3.8) is 0 Å². The number of nitrogens with one attached hydrogen (secondary N) is 2. The minimum Gasteiger partial charge on any atom is -0.490 e. The van der Waals surface area contributed by atoms with Crippen LogP contribution in [0, 0.1) is 12.7 Å². The first-order valence-electron chi connectivity index (χ1n) is 10.6. The summed E-state index contributed by atoms with van der Waals surface area (Å²) in [6.07, 6.45) is 2.03. The third-order valence-corrected chi connectivity index (χ3v) is 4.77. The number of benzene rings is 2. The van der Waals surface area contributed by atoms with Crippen LogP contribution in [-0.2, 0) is 12.8 Å². The van der Waals surface area contributed by atoms with E-state index in [-0.39, 0.29) is 5.82 Å². The van der Waals surface area contributed by atoms with E-state index in [1.54, 1.807) is 13.0 Å². The van der Waals surface area contributed by atoms with Crippen molar-refractivity contribution < 1.29 is 18.4 Å². The van der Waals surface area contributed by atoms with Gasteiger partial charge in [-0.25, -0.2) is 4.39 Å². The van der Waals surface area contributed by atoms with Crippen molar-refractivity contribution >= 4 is 11.6 Å². The molecule has 2 heterocycles. The lowest BCUT2D eigenvalue weighted by Crippen LogP contribution is -2.32. The highest BCUT2D eigenvalue weighted by molar-refractivity contribution is 5.94. The summed E-state index contributed by atoms with van der Waals surface area (Å²) < 4.78 is 30.1. The molecule has 0 aliphatic carbocycles. The van der Waals surface area contributed by atoms with Gasteiger partial charge in [-0.05, 0) is 43.2 Å². The van der Waals surface area contributed by atoms with Crippen LogP contribution in [0.5, 0.6) is 11.5 Å². The van der Waals surface area contributed by atoms with Crippen LogP contribution < -0.4 is 20.1 Å². The Kier molecular flexibility index (Phi) is 7.16. The van der Waals surface area contributed by atoms with Crippen LogP contribution in [0.2, 0.25) is 0 Å². The fraction of sp³-hybridized carbons (Fsp3) is 0.348. The molecule has 168 valence electrons. The van der Waals surface area contributed by atoms with Gasteiger partial charge in [0.1, 0.15) is 5.82 Å². The lowest BCUT2D eigenvalue weighted by atomic mass is 10.1. The third-order valence-electron chi connectivity index (χ3n) is 4.77. The number of aromatic nitrogens is 2. The fourth-order valence-electron chi connectivity index (χ4n) is 3.24. The first-order chi connectivity index (χ1) is 15.7. The Morgan fingerprint density at radius 3 is 2.78 bits per heavy atom. The number of anilines is 1. The molecule has 0 bridgehead atoms. The van der Waals surface area contributed by atoms with E-state index in [1.807, 2.05) is 24.3 Å². The van der Waals surface area contributed by atoms with Gasteiger partial charge in [0.25, 0.3) is 0 Å². The van der Waals surface area contributed by atoms with Crippen LogP contribution in [0.15, 0.2) is 52.0 Å². The number of hydrogen-bond donors (Lipinski definition) is 2. The van der Waals surface area contributed by atoms with Gasteiger partial charge in [-0.3, -0.25) is 4.99 Å². The lowest BCUT2D eigenvalue weighted by molar-refractivity contribution is 0.297. The highest BCUT2D eigenvalue weighted by atomic mass is 19.1.